The van der Waals surface area contributed by atoms with Gasteiger partial charge < -0.3 is 10.4 Å². The topological polar surface area (TPSA) is 62.2 Å². The number of nitrogens with one attached hydrogen (secondary N) is 1. The molecule has 1 heterocycles. The van der Waals surface area contributed by atoms with Crippen LogP contribution in [0.1, 0.15) is 48.4 Å². The number of benzene rings is 1. The number of alkyl halides is 3. The highest BCUT2D eigenvalue weighted by molar-refractivity contribution is 7.09. The fourth-order valence-electron chi connectivity index (χ4n) is 3.98. The standard InChI is InChI=1S/C20H21F5N2O2S/c1-12-10-30-17(27-12)19(29,20(23,24)25)9-15(28)26-11-18(7-2-3-8-18)16-13(21)5-4-6-14(16)22/h4-6,10,29H,2-3,7-9,11H2,1H3,(H,26,28). The van der Waals surface area contributed by atoms with Gasteiger partial charge in [0.1, 0.15) is 16.6 Å². The van der Waals surface area contributed by atoms with Crippen LogP contribution < -0.4 is 5.32 Å². The summed E-state index contributed by atoms with van der Waals surface area (Å²) in [6, 6.07) is 3.47. The number of halogens is 5. The molecule has 1 fully saturated rings. The zero-order valence-electron chi connectivity index (χ0n) is 16.2. The number of aryl methyl sites for hydroxylation is 1. The molecule has 1 aliphatic rings. The Morgan fingerprint density at radius 1 is 1.23 bits per heavy atom. The minimum Gasteiger partial charge on any atom is -0.374 e. The number of aromatic nitrogens is 1. The maximum absolute atomic E-state index is 14.4. The maximum Gasteiger partial charge on any atom is 0.424 e. The van der Waals surface area contributed by atoms with Gasteiger partial charge in [-0.15, -0.1) is 11.3 Å². The number of carbonyl (C=O) groups excluding carboxylic acids is 1. The summed E-state index contributed by atoms with van der Waals surface area (Å²) in [5.74, 6) is -2.59. The highest BCUT2D eigenvalue weighted by Gasteiger charge is 2.58. The van der Waals surface area contributed by atoms with Crippen molar-refractivity contribution in [3.8, 4) is 0 Å². The van der Waals surface area contributed by atoms with E-state index in [4.69, 9.17) is 0 Å². The average Bonchev–Trinajstić information content (AvgIpc) is 3.29. The van der Waals surface area contributed by atoms with E-state index >= 15 is 0 Å². The zero-order chi connectivity index (χ0) is 22.2. The van der Waals surface area contributed by atoms with Crippen molar-refractivity contribution in [1.82, 2.24) is 10.3 Å². The van der Waals surface area contributed by atoms with Gasteiger partial charge >= 0.3 is 6.18 Å². The van der Waals surface area contributed by atoms with Crippen LogP contribution in [0.15, 0.2) is 23.6 Å². The second-order valence-corrected chi connectivity index (χ2v) is 8.55. The Bertz CT molecular complexity index is 904. The van der Waals surface area contributed by atoms with Crippen molar-refractivity contribution in [3.63, 3.8) is 0 Å². The molecule has 2 N–H and O–H groups in total. The second kappa shape index (κ2) is 8.22. The Balaban J connectivity index is 1.81. The van der Waals surface area contributed by atoms with Gasteiger partial charge in [0.15, 0.2) is 0 Å². The van der Waals surface area contributed by atoms with Crippen LogP contribution in [0.25, 0.3) is 0 Å². The third kappa shape index (κ3) is 4.20. The number of carbonyl (C=O) groups is 1. The largest absolute Gasteiger partial charge is 0.424 e. The van der Waals surface area contributed by atoms with E-state index in [1.807, 2.05) is 0 Å². The summed E-state index contributed by atoms with van der Waals surface area (Å²) in [5, 5.41) is 13.4. The fourth-order valence-corrected chi connectivity index (χ4v) is 4.89. The predicted molar refractivity (Wildman–Crippen MR) is 101 cm³/mol. The summed E-state index contributed by atoms with van der Waals surface area (Å²) in [6.07, 6.45) is -4.29. The maximum atomic E-state index is 14.4. The lowest BCUT2D eigenvalue weighted by Crippen LogP contribution is -2.48. The van der Waals surface area contributed by atoms with E-state index in [0.29, 0.717) is 37.0 Å². The molecule has 1 amide bonds. The van der Waals surface area contributed by atoms with Crippen LogP contribution in [-0.2, 0) is 15.8 Å². The summed E-state index contributed by atoms with van der Waals surface area (Å²) >= 11 is 0.608. The fraction of sp³-hybridized carbons (Fsp3) is 0.500. The van der Waals surface area contributed by atoms with Crippen molar-refractivity contribution in [1.29, 1.82) is 0 Å². The van der Waals surface area contributed by atoms with E-state index < -0.39 is 46.2 Å². The molecule has 1 aliphatic carbocycles. The third-order valence-electron chi connectivity index (χ3n) is 5.54. The van der Waals surface area contributed by atoms with E-state index in [-0.39, 0.29) is 17.8 Å². The van der Waals surface area contributed by atoms with Gasteiger partial charge in [0.2, 0.25) is 11.5 Å². The molecule has 0 aliphatic heterocycles. The predicted octanol–water partition coefficient (Wildman–Crippen LogP) is 4.50. The van der Waals surface area contributed by atoms with Gasteiger partial charge in [0.05, 0.1) is 6.42 Å². The van der Waals surface area contributed by atoms with Crippen molar-refractivity contribution >= 4 is 17.2 Å². The minimum absolute atomic E-state index is 0.163. The van der Waals surface area contributed by atoms with E-state index in [9.17, 15) is 31.9 Å². The molecule has 0 radical (unpaired) electrons. The zero-order valence-corrected chi connectivity index (χ0v) is 17.0. The van der Waals surface area contributed by atoms with Crippen LogP contribution in [-0.4, -0.2) is 28.7 Å². The molecule has 3 rings (SSSR count). The molecule has 10 heteroatoms. The number of hydrogen-bond donors (Lipinski definition) is 2. The van der Waals surface area contributed by atoms with Gasteiger partial charge in [-0.1, -0.05) is 18.9 Å². The van der Waals surface area contributed by atoms with Crippen molar-refractivity contribution in [2.75, 3.05) is 6.54 Å². The SMILES string of the molecule is Cc1csc(C(O)(CC(=O)NCC2(c3c(F)cccc3F)CCCC2)C(F)(F)F)n1. The quantitative estimate of drug-likeness (QED) is 0.640. The van der Waals surface area contributed by atoms with Crippen LogP contribution in [0.5, 0.6) is 0 Å². The first kappa shape index (κ1) is 22.6. The van der Waals surface area contributed by atoms with Gasteiger partial charge in [0.25, 0.3) is 0 Å². The van der Waals surface area contributed by atoms with Gasteiger partial charge in [-0.2, -0.15) is 13.2 Å². The molecule has 1 aromatic carbocycles. The molecule has 0 saturated heterocycles. The Labute approximate surface area is 174 Å². The van der Waals surface area contributed by atoms with E-state index in [1.54, 1.807) is 0 Å². The average molecular weight is 448 g/mol. The molecule has 4 nitrogen and oxygen atoms in total. The number of rotatable bonds is 6. The lowest BCUT2D eigenvalue weighted by atomic mass is 9.78. The molecule has 1 saturated carbocycles. The van der Waals surface area contributed by atoms with Crippen LogP contribution in [0.3, 0.4) is 0 Å². The highest BCUT2D eigenvalue weighted by atomic mass is 32.1. The highest BCUT2D eigenvalue weighted by Crippen LogP contribution is 2.44. The summed E-state index contributed by atoms with van der Waals surface area (Å²) in [6.45, 7) is 1.25. The molecule has 1 unspecified atom stereocenters. The van der Waals surface area contributed by atoms with Crippen LogP contribution >= 0.6 is 11.3 Å². The van der Waals surface area contributed by atoms with Gasteiger partial charge in [0, 0.05) is 28.6 Å². The molecule has 164 valence electrons. The number of amides is 1. The normalized spacial score (nSPS) is 18.2. The molecule has 2 aromatic rings. The number of hydrogen-bond acceptors (Lipinski definition) is 4. The molecule has 1 atom stereocenters. The Hall–Kier alpha value is -2.07. The minimum atomic E-state index is -5.13. The Morgan fingerprint density at radius 3 is 2.33 bits per heavy atom. The number of aliphatic hydroxyl groups is 1. The summed E-state index contributed by atoms with van der Waals surface area (Å²) in [7, 11) is 0. The molecule has 30 heavy (non-hydrogen) atoms. The van der Waals surface area contributed by atoms with Crippen LogP contribution in [0.2, 0.25) is 0 Å². The summed E-state index contributed by atoms with van der Waals surface area (Å²) in [4.78, 5) is 16.1. The summed E-state index contributed by atoms with van der Waals surface area (Å²) in [5.41, 5.74) is -4.36. The first-order valence-corrected chi connectivity index (χ1v) is 10.3. The van der Waals surface area contributed by atoms with Gasteiger partial charge in [-0.25, -0.2) is 13.8 Å². The molecular weight excluding hydrogens is 427 g/mol. The van der Waals surface area contributed by atoms with Crippen molar-refractivity contribution in [3.05, 3.63) is 51.5 Å². The number of thiazole rings is 1. The first-order chi connectivity index (χ1) is 14.0. The van der Waals surface area contributed by atoms with E-state index in [2.05, 4.69) is 10.3 Å². The lowest BCUT2D eigenvalue weighted by Gasteiger charge is -2.32. The number of nitrogens with zero attached hydrogens (tertiary/aromatic N) is 1. The molecule has 0 spiro atoms. The molecule has 0 bridgehead atoms. The first-order valence-electron chi connectivity index (χ1n) is 9.41. The van der Waals surface area contributed by atoms with Crippen molar-refractivity contribution < 1.29 is 31.9 Å². The van der Waals surface area contributed by atoms with Crippen LogP contribution in [0, 0.1) is 18.6 Å². The van der Waals surface area contributed by atoms with Crippen molar-refractivity contribution in [2.24, 2.45) is 0 Å². The second-order valence-electron chi connectivity index (χ2n) is 7.69. The van der Waals surface area contributed by atoms with Gasteiger partial charge in [-0.3, -0.25) is 4.79 Å². The molecular formula is C20H21F5N2O2S. The van der Waals surface area contributed by atoms with Crippen LogP contribution in [0.4, 0.5) is 22.0 Å². The Morgan fingerprint density at radius 2 is 1.83 bits per heavy atom. The Kier molecular flexibility index (Phi) is 6.20. The van der Waals surface area contributed by atoms with Gasteiger partial charge in [-0.05, 0) is 31.9 Å². The van der Waals surface area contributed by atoms with E-state index in [0.717, 1.165) is 12.1 Å². The monoisotopic (exact) mass is 448 g/mol. The smallest absolute Gasteiger partial charge is 0.374 e. The van der Waals surface area contributed by atoms with E-state index in [1.165, 1.54) is 18.4 Å². The lowest BCUT2D eigenvalue weighted by molar-refractivity contribution is -0.267. The van der Waals surface area contributed by atoms with Crippen molar-refractivity contribution in [2.45, 2.75) is 56.2 Å². The third-order valence-corrected chi connectivity index (χ3v) is 6.65. The summed E-state index contributed by atoms with van der Waals surface area (Å²) < 4.78 is 69.5. The molecule has 1 aromatic heterocycles.